The van der Waals surface area contributed by atoms with Gasteiger partial charge in [0.15, 0.2) is 0 Å². The van der Waals surface area contributed by atoms with Crippen LogP contribution in [0.3, 0.4) is 0 Å². The molecule has 3 fully saturated rings. The molecule has 4 heterocycles. The number of fused-ring (bicyclic) bond motifs is 1. The van der Waals surface area contributed by atoms with Crippen molar-refractivity contribution in [3.8, 4) is 0 Å². The van der Waals surface area contributed by atoms with Crippen LogP contribution >= 0.6 is 0 Å². The number of aromatic nitrogens is 2. The third-order valence-electron chi connectivity index (χ3n) is 8.57. The van der Waals surface area contributed by atoms with E-state index < -0.39 is 29.7 Å². The van der Waals surface area contributed by atoms with Gasteiger partial charge in [0.25, 0.3) is 5.91 Å². The highest BCUT2D eigenvalue weighted by Crippen LogP contribution is 2.24. The van der Waals surface area contributed by atoms with Crippen LogP contribution in [0.2, 0.25) is 0 Å². The fraction of sp³-hybridized carbons (Fsp3) is 0.645. The molecule has 13 heteroatoms. The van der Waals surface area contributed by atoms with Crippen LogP contribution in [0.4, 0.5) is 4.79 Å². The van der Waals surface area contributed by atoms with Gasteiger partial charge in [0, 0.05) is 39.6 Å². The maximum atomic E-state index is 13.1. The van der Waals surface area contributed by atoms with Crippen molar-refractivity contribution in [3.05, 3.63) is 34.2 Å². The molecular formula is C31H44N6O7. The fourth-order valence-electron chi connectivity index (χ4n) is 6.23. The van der Waals surface area contributed by atoms with Gasteiger partial charge in [-0.3, -0.25) is 33.7 Å². The molecule has 1 aromatic carbocycles. The second-order valence-electron chi connectivity index (χ2n) is 13.0. The first-order chi connectivity index (χ1) is 20.9. The summed E-state index contributed by atoms with van der Waals surface area (Å²) in [6.45, 7) is 9.53. The molecule has 5 rings (SSSR count). The lowest BCUT2D eigenvalue weighted by molar-refractivity contribution is -0.149. The van der Waals surface area contributed by atoms with Gasteiger partial charge in [-0.2, -0.15) is 0 Å². The monoisotopic (exact) mass is 612 g/mol. The second-order valence-corrected chi connectivity index (χ2v) is 13.0. The number of ether oxygens (including phenoxy) is 2. The Balaban J connectivity index is 1.06. The molecule has 44 heavy (non-hydrogen) atoms. The Labute approximate surface area is 256 Å². The number of amides is 4. The number of piperidine rings is 1. The number of nitrogens with one attached hydrogen (secondary N) is 2. The summed E-state index contributed by atoms with van der Waals surface area (Å²) in [6.07, 6.45) is 2.57. The molecule has 3 saturated heterocycles. The van der Waals surface area contributed by atoms with Crippen molar-refractivity contribution in [1.29, 1.82) is 0 Å². The molecule has 3 atom stereocenters. The predicted molar refractivity (Wildman–Crippen MR) is 162 cm³/mol. The van der Waals surface area contributed by atoms with Gasteiger partial charge in [-0.05, 0) is 77.1 Å². The standard InChI is InChI=1S/C31H44N6O7/c1-31(2,3)44-29(41)32-21-8-11-25(43-19-21)28(40)36-16-14-35(15-17-36)13-5-6-20-7-9-22-24(18-20)34(4)30(42)37(22)23-10-12-26(38)33-27(23)39/h7,9,18,21,23,25H,5-6,8,10-17,19H2,1-4H3,(H,32,41)(H,33,38,39)/t21-,23?,25+/m1/s1. The highest BCUT2D eigenvalue weighted by molar-refractivity contribution is 6.00. The van der Waals surface area contributed by atoms with Gasteiger partial charge in [-0.15, -0.1) is 0 Å². The third kappa shape index (κ3) is 7.32. The van der Waals surface area contributed by atoms with Crippen LogP contribution in [0.5, 0.6) is 0 Å². The quantitative estimate of drug-likeness (QED) is 0.448. The minimum Gasteiger partial charge on any atom is -0.444 e. The van der Waals surface area contributed by atoms with Crippen LogP contribution in [-0.2, 0) is 37.3 Å². The Hall–Kier alpha value is -3.71. The Kier molecular flexibility index (Phi) is 9.45. The lowest BCUT2D eigenvalue weighted by atomic mass is 10.0. The number of nitrogens with zero attached hydrogens (tertiary/aromatic N) is 4. The minimum atomic E-state index is -0.692. The highest BCUT2D eigenvalue weighted by atomic mass is 16.6. The zero-order valence-electron chi connectivity index (χ0n) is 26.1. The summed E-state index contributed by atoms with van der Waals surface area (Å²) in [5.41, 5.74) is 1.73. The SMILES string of the molecule is Cn1c(=O)n(C2CCC(=O)NC2=O)c2ccc(CCCN3CCN(C(=O)[C@@H]4CC[C@@H](NC(=O)OC(C)(C)C)CO4)CC3)cc21. The molecule has 3 aliphatic rings. The molecular weight excluding hydrogens is 568 g/mol. The van der Waals surface area contributed by atoms with E-state index in [1.54, 1.807) is 11.6 Å². The van der Waals surface area contributed by atoms with Crippen molar-refractivity contribution >= 4 is 34.8 Å². The van der Waals surface area contributed by atoms with Crippen LogP contribution < -0.4 is 16.3 Å². The second kappa shape index (κ2) is 13.1. The smallest absolute Gasteiger partial charge is 0.407 e. The van der Waals surface area contributed by atoms with Crippen LogP contribution in [0.15, 0.2) is 23.0 Å². The molecule has 0 bridgehead atoms. The largest absolute Gasteiger partial charge is 0.444 e. The van der Waals surface area contributed by atoms with Crippen LogP contribution in [0.25, 0.3) is 11.0 Å². The lowest BCUT2D eigenvalue weighted by Crippen LogP contribution is -2.54. The molecule has 4 amide bonds. The first-order valence-corrected chi connectivity index (χ1v) is 15.6. The molecule has 13 nitrogen and oxygen atoms in total. The topological polar surface area (TPSA) is 144 Å². The van der Waals surface area contributed by atoms with Gasteiger partial charge in [0.2, 0.25) is 11.8 Å². The number of hydrogen-bond donors (Lipinski definition) is 2. The van der Waals surface area contributed by atoms with Gasteiger partial charge in [0.05, 0.1) is 23.7 Å². The minimum absolute atomic E-state index is 0.0172. The van der Waals surface area contributed by atoms with E-state index in [-0.39, 0.29) is 36.6 Å². The van der Waals surface area contributed by atoms with E-state index in [0.717, 1.165) is 43.6 Å². The van der Waals surface area contributed by atoms with E-state index in [1.165, 1.54) is 4.57 Å². The number of carbonyl (C=O) groups is 4. The maximum absolute atomic E-state index is 13.1. The van der Waals surface area contributed by atoms with Gasteiger partial charge < -0.3 is 19.7 Å². The van der Waals surface area contributed by atoms with Crippen LogP contribution in [0, 0.1) is 0 Å². The number of rotatable bonds is 7. The molecule has 1 aromatic heterocycles. The van der Waals surface area contributed by atoms with E-state index >= 15 is 0 Å². The van der Waals surface area contributed by atoms with Crippen molar-refractivity contribution in [3.63, 3.8) is 0 Å². The summed E-state index contributed by atoms with van der Waals surface area (Å²) in [5.74, 6) is -0.727. The molecule has 1 unspecified atom stereocenters. The highest BCUT2D eigenvalue weighted by Gasteiger charge is 2.33. The van der Waals surface area contributed by atoms with Crippen LogP contribution in [0.1, 0.15) is 64.5 Å². The Morgan fingerprint density at radius 1 is 1.05 bits per heavy atom. The fourth-order valence-corrected chi connectivity index (χ4v) is 6.23. The van der Waals surface area contributed by atoms with E-state index in [2.05, 4.69) is 15.5 Å². The summed E-state index contributed by atoms with van der Waals surface area (Å²) in [7, 11) is 1.70. The Morgan fingerprint density at radius 3 is 2.45 bits per heavy atom. The number of alkyl carbamates (subject to hydrolysis) is 1. The van der Waals surface area contributed by atoms with Gasteiger partial charge >= 0.3 is 11.8 Å². The lowest BCUT2D eigenvalue weighted by Gasteiger charge is -2.38. The van der Waals surface area contributed by atoms with Gasteiger partial charge in [-0.25, -0.2) is 9.59 Å². The predicted octanol–water partition coefficient (Wildman–Crippen LogP) is 1.47. The first kappa shape index (κ1) is 31.7. The molecule has 3 aliphatic heterocycles. The molecule has 2 aromatic rings. The number of benzene rings is 1. The molecule has 2 N–H and O–H groups in total. The van der Waals surface area contributed by atoms with Crippen molar-refractivity contribution in [2.24, 2.45) is 7.05 Å². The number of imidazole rings is 1. The zero-order chi connectivity index (χ0) is 31.6. The molecule has 0 aliphatic carbocycles. The van der Waals surface area contributed by atoms with Crippen LogP contribution in [-0.4, -0.2) is 99.8 Å². The summed E-state index contributed by atoms with van der Waals surface area (Å²) in [6, 6.07) is 5.04. The van der Waals surface area contributed by atoms with E-state index in [4.69, 9.17) is 9.47 Å². The summed E-state index contributed by atoms with van der Waals surface area (Å²) < 4.78 is 14.2. The number of aryl methyl sites for hydroxylation is 2. The summed E-state index contributed by atoms with van der Waals surface area (Å²) >= 11 is 0. The van der Waals surface area contributed by atoms with E-state index in [0.29, 0.717) is 37.9 Å². The molecule has 240 valence electrons. The normalized spacial score (nSPS) is 23.5. The average molecular weight is 613 g/mol. The van der Waals surface area contributed by atoms with Crippen molar-refractivity contribution in [1.82, 2.24) is 29.6 Å². The number of hydrogen-bond acceptors (Lipinski definition) is 8. The number of piperazine rings is 1. The first-order valence-electron chi connectivity index (χ1n) is 15.6. The van der Waals surface area contributed by atoms with Gasteiger partial charge in [0.1, 0.15) is 17.7 Å². The molecule has 0 saturated carbocycles. The van der Waals surface area contributed by atoms with Crippen molar-refractivity contribution in [2.45, 2.75) is 83.1 Å². The molecule has 0 radical (unpaired) electrons. The Bertz CT molecular complexity index is 1460. The van der Waals surface area contributed by atoms with E-state index in [9.17, 15) is 24.0 Å². The third-order valence-corrected chi connectivity index (χ3v) is 8.57. The average Bonchev–Trinajstić information content (AvgIpc) is 3.21. The number of imide groups is 1. The maximum Gasteiger partial charge on any atom is 0.407 e. The zero-order valence-corrected chi connectivity index (χ0v) is 26.1. The Morgan fingerprint density at radius 2 is 1.80 bits per heavy atom. The van der Waals surface area contributed by atoms with E-state index in [1.807, 2.05) is 43.9 Å². The molecule has 0 spiro atoms. The van der Waals surface area contributed by atoms with Crippen molar-refractivity contribution in [2.75, 3.05) is 39.3 Å². The summed E-state index contributed by atoms with van der Waals surface area (Å²) in [4.78, 5) is 66.4. The van der Waals surface area contributed by atoms with Crippen molar-refractivity contribution < 1.29 is 28.7 Å². The number of carbonyl (C=O) groups excluding carboxylic acids is 4. The summed E-state index contributed by atoms with van der Waals surface area (Å²) in [5, 5.41) is 5.17. The van der Waals surface area contributed by atoms with Gasteiger partial charge in [-0.1, -0.05) is 6.07 Å².